The van der Waals surface area contributed by atoms with Crippen molar-refractivity contribution in [2.75, 3.05) is 0 Å². The van der Waals surface area contributed by atoms with Gasteiger partial charge in [0.2, 0.25) is 6.29 Å². The van der Waals surface area contributed by atoms with Crippen LogP contribution in [-0.4, -0.2) is 23.5 Å². The minimum absolute atomic E-state index is 0.149. The molecule has 1 aliphatic heterocycles. The topological polar surface area (TPSA) is 46.5 Å². The first-order chi connectivity index (χ1) is 14.5. The summed E-state index contributed by atoms with van der Waals surface area (Å²) in [5.41, 5.74) is 0.201. The summed E-state index contributed by atoms with van der Waals surface area (Å²) in [6.07, 6.45) is -1.64. The fraction of sp³-hybridized carbons (Fsp3) is 0.522. The van der Waals surface area contributed by atoms with Crippen LogP contribution in [0.3, 0.4) is 0 Å². The Hall–Kier alpha value is -2.22. The number of cyclic esters (lactones) is 1. The van der Waals surface area contributed by atoms with Crippen molar-refractivity contribution >= 4 is 5.97 Å². The highest BCUT2D eigenvalue weighted by Gasteiger charge is 2.37. The Kier molecular flexibility index (Phi) is 8.79. The lowest BCUT2D eigenvalue weighted by molar-refractivity contribution is -0.151. The van der Waals surface area contributed by atoms with Gasteiger partial charge in [-0.2, -0.15) is 13.2 Å². The van der Waals surface area contributed by atoms with Crippen LogP contribution in [0.1, 0.15) is 56.6 Å². The number of benzene rings is 1. The quantitative estimate of drug-likeness (QED) is 0.205. The first kappa shape index (κ1) is 25.0. The van der Waals surface area contributed by atoms with Crippen LogP contribution in [0.4, 0.5) is 22.0 Å². The minimum atomic E-state index is -4.50. The lowest BCUT2D eigenvalue weighted by Gasteiger charge is -2.23. The Balaban J connectivity index is 2.00. The molecule has 0 aliphatic carbocycles. The zero-order valence-electron chi connectivity index (χ0n) is 17.6. The van der Waals surface area contributed by atoms with E-state index in [1.54, 1.807) is 13.8 Å². The molecule has 172 valence electrons. The maximum Gasteiger partial charge on any atom is 0.412 e. The van der Waals surface area contributed by atoms with Crippen molar-refractivity contribution in [1.29, 1.82) is 0 Å². The largest absolute Gasteiger partial charge is 0.429 e. The van der Waals surface area contributed by atoms with Gasteiger partial charge in [-0.25, -0.2) is 13.6 Å². The first-order valence-corrected chi connectivity index (χ1v) is 10.3. The summed E-state index contributed by atoms with van der Waals surface area (Å²) in [4.78, 5) is 11.4. The van der Waals surface area contributed by atoms with E-state index in [0.717, 1.165) is 18.2 Å². The number of hydrogen-bond acceptors (Lipinski definition) is 3. The van der Waals surface area contributed by atoms with Crippen LogP contribution in [0.15, 0.2) is 35.4 Å². The van der Waals surface area contributed by atoms with Crippen molar-refractivity contribution in [3.05, 3.63) is 58.2 Å². The zero-order chi connectivity index (χ0) is 23.2. The fourth-order valence-electron chi connectivity index (χ4n) is 3.74. The lowest BCUT2D eigenvalue weighted by atomic mass is 9.86. The second-order valence-electron chi connectivity index (χ2n) is 7.76. The molecule has 0 saturated carbocycles. The summed E-state index contributed by atoms with van der Waals surface area (Å²) in [6, 6.07) is 2.31. The highest BCUT2D eigenvalue weighted by Crippen LogP contribution is 2.37. The summed E-state index contributed by atoms with van der Waals surface area (Å²) >= 11 is 0. The molecule has 1 heterocycles. The number of ether oxygens (including phenoxy) is 1. The third-order valence-corrected chi connectivity index (χ3v) is 5.38. The van der Waals surface area contributed by atoms with Gasteiger partial charge in [-0.3, -0.25) is 0 Å². The number of carbonyl (C=O) groups is 1. The predicted molar refractivity (Wildman–Crippen MR) is 106 cm³/mol. The van der Waals surface area contributed by atoms with Gasteiger partial charge in [-0.05, 0) is 56.1 Å². The van der Waals surface area contributed by atoms with Gasteiger partial charge in [0.15, 0.2) is 0 Å². The number of hydrogen-bond donors (Lipinski definition) is 1. The maximum atomic E-state index is 13.8. The Labute approximate surface area is 178 Å². The fourth-order valence-corrected chi connectivity index (χ4v) is 3.74. The third-order valence-electron chi connectivity index (χ3n) is 5.38. The van der Waals surface area contributed by atoms with E-state index in [1.165, 1.54) is 6.07 Å². The third kappa shape index (κ3) is 7.16. The molecule has 31 heavy (non-hydrogen) atoms. The smallest absolute Gasteiger partial charge is 0.412 e. The molecule has 1 aromatic rings. The van der Waals surface area contributed by atoms with Crippen LogP contribution >= 0.6 is 0 Å². The van der Waals surface area contributed by atoms with Gasteiger partial charge in [0.25, 0.3) is 0 Å². The van der Waals surface area contributed by atoms with Crippen LogP contribution in [0, 0.1) is 24.5 Å². The number of aliphatic hydroxyl groups excluding tert-OH is 1. The summed E-state index contributed by atoms with van der Waals surface area (Å²) in [7, 11) is 0. The van der Waals surface area contributed by atoms with Gasteiger partial charge in [0.1, 0.15) is 11.6 Å². The molecule has 2 rings (SSSR count). The SMILES string of the molecule is CC/C=C(\CC(CCCCCc1cc(C)c(F)cc1F)C1=CC(=O)OC1O)C(F)(F)F. The monoisotopic (exact) mass is 446 g/mol. The molecule has 0 radical (unpaired) electrons. The number of aliphatic hydroxyl groups is 1. The molecule has 0 saturated heterocycles. The Morgan fingerprint density at radius 3 is 2.48 bits per heavy atom. The van der Waals surface area contributed by atoms with E-state index >= 15 is 0 Å². The zero-order valence-corrected chi connectivity index (χ0v) is 17.6. The molecule has 0 fully saturated rings. The molecule has 1 N–H and O–H groups in total. The van der Waals surface area contributed by atoms with Gasteiger partial charge in [0.05, 0.1) is 0 Å². The normalized spacial score (nSPS) is 18.2. The molecule has 2 unspecified atom stereocenters. The van der Waals surface area contributed by atoms with E-state index in [1.807, 2.05) is 0 Å². The highest BCUT2D eigenvalue weighted by atomic mass is 19.4. The van der Waals surface area contributed by atoms with E-state index in [0.29, 0.717) is 43.2 Å². The molecular weight excluding hydrogens is 419 g/mol. The van der Waals surface area contributed by atoms with Gasteiger partial charge in [0, 0.05) is 23.3 Å². The summed E-state index contributed by atoms with van der Waals surface area (Å²) < 4.78 is 71.9. The molecule has 0 amide bonds. The van der Waals surface area contributed by atoms with Crippen molar-refractivity contribution in [3.8, 4) is 0 Å². The average molecular weight is 446 g/mol. The van der Waals surface area contributed by atoms with Gasteiger partial charge < -0.3 is 9.84 Å². The summed E-state index contributed by atoms with van der Waals surface area (Å²) in [5.74, 6) is -2.70. The standard InChI is InChI=1S/C23H27F5O3/c1-3-7-17(23(26,27)28)11-15(18-12-21(29)31-22(18)30)8-5-4-6-9-16-10-14(2)19(24)13-20(16)25/h7,10,12-13,15,22,30H,3-6,8-9,11H2,1-2H3/b17-7+. The van der Waals surface area contributed by atoms with E-state index in [4.69, 9.17) is 0 Å². The molecule has 8 heteroatoms. The van der Waals surface area contributed by atoms with Gasteiger partial charge >= 0.3 is 12.1 Å². The number of aryl methyl sites for hydroxylation is 2. The van der Waals surface area contributed by atoms with Crippen molar-refractivity contribution in [3.63, 3.8) is 0 Å². The van der Waals surface area contributed by atoms with Crippen LogP contribution in [-0.2, 0) is 16.0 Å². The van der Waals surface area contributed by atoms with Crippen molar-refractivity contribution in [2.24, 2.45) is 5.92 Å². The van der Waals surface area contributed by atoms with E-state index in [-0.39, 0.29) is 18.4 Å². The second kappa shape index (κ2) is 10.9. The molecule has 1 aliphatic rings. The lowest BCUT2D eigenvalue weighted by Crippen LogP contribution is -2.21. The summed E-state index contributed by atoms with van der Waals surface area (Å²) in [5, 5.41) is 9.92. The Morgan fingerprint density at radius 1 is 1.19 bits per heavy atom. The van der Waals surface area contributed by atoms with Crippen LogP contribution in [0.2, 0.25) is 0 Å². The average Bonchev–Trinajstić information content (AvgIpc) is 3.00. The molecule has 0 bridgehead atoms. The Bertz CT molecular complexity index is 842. The van der Waals surface area contributed by atoms with Crippen molar-refractivity contribution in [2.45, 2.75) is 71.3 Å². The number of esters is 1. The Morgan fingerprint density at radius 2 is 1.90 bits per heavy atom. The minimum Gasteiger partial charge on any atom is -0.429 e. The number of carbonyl (C=O) groups excluding carboxylic acids is 1. The molecular formula is C23H27F5O3. The maximum absolute atomic E-state index is 13.8. The molecule has 1 aromatic carbocycles. The molecule has 3 nitrogen and oxygen atoms in total. The number of allylic oxidation sites excluding steroid dienone is 2. The van der Waals surface area contributed by atoms with Crippen molar-refractivity contribution in [1.82, 2.24) is 0 Å². The molecule has 0 aromatic heterocycles. The van der Waals surface area contributed by atoms with Crippen LogP contribution in [0.25, 0.3) is 0 Å². The second-order valence-corrected chi connectivity index (χ2v) is 7.76. The number of halogens is 5. The van der Waals surface area contributed by atoms with Crippen LogP contribution < -0.4 is 0 Å². The van der Waals surface area contributed by atoms with Crippen molar-refractivity contribution < 1.29 is 36.6 Å². The summed E-state index contributed by atoms with van der Waals surface area (Å²) in [6.45, 7) is 3.16. The molecule has 0 spiro atoms. The highest BCUT2D eigenvalue weighted by molar-refractivity contribution is 5.85. The molecule has 2 atom stereocenters. The van der Waals surface area contributed by atoms with Gasteiger partial charge in [-0.1, -0.05) is 31.9 Å². The van der Waals surface area contributed by atoms with E-state index in [2.05, 4.69) is 4.74 Å². The number of alkyl halides is 3. The van der Waals surface area contributed by atoms with Crippen LogP contribution in [0.5, 0.6) is 0 Å². The first-order valence-electron chi connectivity index (χ1n) is 10.3. The number of rotatable bonds is 10. The van der Waals surface area contributed by atoms with E-state index in [9.17, 15) is 31.9 Å². The predicted octanol–water partition coefficient (Wildman–Crippen LogP) is 6.08. The van der Waals surface area contributed by atoms with E-state index < -0.39 is 41.6 Å². The number of unbranched alkanes of at least 4 members (excludes halogenated alkanes) is 2. The van der Waals surface area contributed by atoms with Gasteiger partial charge in [-0.15, -0.1) is 0 Å².